The highest BCUT2D eigenvalue weighted by Gasteiger charge is 2.56. The molecule has 3 nitrogen and oxygen atoms in total. The van der Waals surface area contributed by atoms with Crippen molar-refractivity contribution in [2.24, 2.45) is 0 Å². The standard InChI is InChI=1S/C15H19ClF3NO2/c1-13(2,7-14(22,8-21)15(17,18)19)11-6-10(16)5-9-3-4-20-12(9)11/h5-6,20-22H,3-4,7-8H2,1-2H3/t14-/m0/s1. The van der Waals surface area contributed by atoms with Crippen molar-refractivity contribution in [2.75, 3.05) is 18.5 Å². The van der Waals surface area contributed by atoms with E-state index in [2.05, 4.69) is 5.32 Å². The molecule has 7 heteroatoms. The van der Waals surface area contributed by atoms with Gasteiger partial charge in [0.15, 0.2) is 5.60 Å². The summed E-state index contributed by atoms with van der Waals surface area (Å²) in [7, 11) is 0. The third kappa shape index (κ3) is 3.05. The number of aliphatic hydroxyl groups excluding tert-OH is 1. The lowest BCUT2D eigenvalue weighted by molar-refractivity contribution is -0.277. The monoisotopic (exact) mass is 337 g/mol. The number of anilines is 1. The fraction of sp³-hybridized carbons (Fsp3) is 0.600. The van der Waals surface area contributed by atoms with Crippen LogP contribution in [0.25, 0.3) is 0 Å². The summed E-state index contributed by atoms with van der Waals surface area (Å²) in [5.74, 6) is 0. The Morgan fingerprint density at radius 2 is 1.91 bits per heavy atom. The molecule has 124 valence electrons. The highest BCUT2D eigenvalue weighted by molar-refractivity contribution is 6.30. The van der Waals surface area contributed by atoms with Gasteiger partial charge in [0.2, 0.25) is 0 Å². The van der Waals surface area contributed by atoms with E-state index in [0.29, 0.717) is 17.1 Å². The molecule has 1 heterocycles. The molecule has 0 amide bonds. The van der Waals surface area contributed by atoms with Crippen LogP contribution in [-0.4, -0.2) is 35.1 Å². The first-order chi connectivity index (χ1) is 10.00. The van der Waals surface area contributed by atoms with Gasteiger partial charge in [-0.1, -0.05) is 25.4 Å². The third-order valence-corrected chi connectivity index (χ3v) is 4.35. The van der Waals surface area contributed by atoms with E-state index in [0.717, 1.165) is 17.7 Å². The highest BCUT2D eigenvalue weighted by atomic mass is 35.5. The SMILES string of the molecule is CC(C)(C[C@](O)(CO)C(F)(F)F)c1cc(Cl)cc2c1NCC2. The Hall–Kier alpha value is -0.980. The summed E-state index contributed by atoms with van der Waals surface area (Å²) in [4.78, 5) is 0. The topological polar surface area (TPSA) is 52.5 Å². The molecule has 1 aromatic carbocycles. The fourth-order valence-corrected chi connectivity index (χ4v) is 3.24. The Morgan fingerprint density at radius 3 is 2.45 bits per heavy atom. The Morgan fingerprint density at radius 1 is 1.27 bits per heavy atom. The Kier molecular flexibility index (Phi) is 4.41. The lowest BCUT2D eigenvalue weighted by atomic mass is 9.74. The fourth-order valence-electron chi connectivity index (χ4n) is 3.00. The van der Waals surface area contributed by atoms with Crippen LogP contribution in [-0.2, 0) is 11.8 Å². The van der Waals surface area contributed by atoms with Crippen molar-refractivity contribution in [3.63, 3.8) is 0 Å². The Balaban J connectivity index is 2.43. The molecular weight excluding hydrogens is 319 g/mol. The van der Waals surface area contributed by atoms with Crippen LogP contribution in [0, 0.1) is 0 Å². The molecule has 2 rings (SSSR count). The van der Waals surface area contributed by atoms with Crippen molar-refractivity contribution in [1.29, 1.82) is 0 Å². The molecule has 1 aromatic rings. The number of hydrogen-bond acceptors (Lipinski definition) is 3. The first-order valence-corrected chi connectivity index (χ1v) is 7.35. The number of benzene rings is 1. The number of nitrogens with one attached hydrogen (secondary N) is 1. The summed E-state index contributed by atoms with van der Waals surface area (Å²) < 4.78 is 39.2. The summed E-state index contributed by atoms with van der Waals surface area (Å²) in [6.45, 7) is 2.52. The smallest absolute Gasteiger partial charge is 0.393 e. The predicted molar refractivity (Wildman–Crippen MR) is 79.4 cm³/mol. The van der Waals surface area contributed by atoms with Gasteiger partial charge in [-0.2, -0.15) is 13.2 Å². The van der Waals surface area contributed by atoms with E-state index in [1.807, 2.05) is 0 Å². The van der Waals surface area contributed by atoms with Gasteiger partial charge in [0, 0.05) is 17.3 Å². The summed E-state index contributed by atoms with van der Waals surface area (Å²) >= 11 is 6.07. The second-order valence-electron chi connectivity index (χ2n) is 6.41. The van der Waals surface area contributed by atoms with E-state index < -0.39 is 30.2 Å². The summed E-state index contributed by atoms with van der Waals surface area (Å²) in [6.07, 6.45) is -4.81. The first kappa shape index (κ1) is 17.4. The van der Waals surface area contributed by atoms with Crippen LogP contribution in [0.4, 0.5) is 18.9 Å². The Bertz CT molecular complexity index is 575. The number of rotatable bonds is 4. The maximum atomic E-state index is 13.1. The molecule has 1 aliphatic heterocycles. The molecule has 0 saturated carbocycles. The molecule has 0 spiro atoms. The van der Waals surface area contributed by atoms with Gasteiger partial charge in [0.05, 0.1) is 6.61 Å². The van der Waals surface area contributed by atoms with Crippen molar-refractivity contribution in [3.05, 3.63) is 28.3 Å². The molecule has 0 bridgehead atoms. The molecule has 0 saturated heterocycles. The van der Waals surface area contributed by atoms with E-state index in [1.165, 1.54) is 0 Å². The average Bonchev–Trinajstić information content (AvgIpc) is 2.83. The maximum absolute atomic E-state index is 13.1. The second-order valence-corrected chi connectivity index (χ2v) is 6.85. The number of hydrogen-bond donors (Lipinski definition) is 3. The van der Waals surface area contributed by atoms with Gasteiger partial charge in [-0.25, -0.2) is 0 Å². The van der Waals surface area contributed by atoms with Gasteiger partial charge in [0.1, 0.15) is 0 Å². The maximum Gasteiger partial charge on any atom is 0.419 e. The molecule has 22 heavy (non-hydrogen) atoms. The van der Waals surface area contributed by atoms with Crippen LogP contribution in [0.3, 0.4) is 0 Å². The number of aliphatic hydroxyl groups is 2. The van der Waals surface area contributed by atoms with Gasteiger partial charge in [-0.3, -0.25) is 0 Å². The molecule has 1 atom stereocenters. The lowest BCUT2D eigenvalue weighted by Crippen LogP contribution is -2.52. The molecule has 0 aromatic heterocycles. The van der Waals surface area contributed by atoms with Crippen LogP contribution < -0.4 is 5.32 Å². The zero-order valence-corrected chi connectivity index (χ0v) is 13.1. The summed E-state index contributed by atoms with van der Waals surface area (Å²) in [5, 5.41) is 22.5. The Labute approximate surface area is 132 Å². The van der Waals surface area contributed by atoms with Crippen LogP contribution in [0.15, 0.2) is 12.1 Å². The van der Waals surface area contributed by atoms with Gasteiger partial charge < -0.3 is 15.5 Å². The number of halogens is 4. The van der Waals surface area contributed by atoms with Crippen LogP contribution in [0.5, 0.6) is 0 Å². The zero-order valence-electron chi connectivity index (χ0n) is 12.4. The van der Waals surface area contributed by atoms with Crippen molar-refractivity contribution >= 4 is 17.3 Å². The van der Waals surface area contributed by atoms with E-state index in [-0.39, 0.29) is 0 Å². The lowest BCUT2D eigenvalue weighted by Gasteiger charge is -2.37. The first-order valence-electron chi connectivity index (χ1n) is 6.97. The zero-order chi connectivity index (χ0) is 16.8. The highest BCUT2D eigenvalue weighted by Crippen LogP contribution is 2.45. The van der Waals surface area contributed by atoms with Crippen molar-refractivity contribution in [3.8, 4) is 0 Å². The quantitative estimate of drug-likeness (QED) is 0.790. The second kappa shape index (κ2) is 5.58. The van der Waals surface area contributed by atoms with E-state index in [9.17, 15) is 18.3 Å². The van der Waals surface area contributed by atoms with Gasteiger partial charge in [-0.15, -0.1) is 0 Å². The minimum atomic E-state index is -4.91. The minimum absolute atomic E-state index is 0.449. The van der Waals surface area contributed by atoms with Crippen LogP contribution in [0.2, 0.25) is 5.02 Å². The predicted octanol–water partition coefficient (Wildman–Crippen LogP) is 3.26. The van der Waals surface area contributed by atoms with Gasteiger partial charge in [0.25, 0.3) is 0 Å². The van der Waals surface area contributed by atoms with Crippen molar-refractivity contribution in [1.82, 2.24) is 0 Å². The largest absolute Gasteiger partial charge is 0.419 e. The van der Waals surface area contributed by atoms with E-state index in [4.69, 9.17) is 16.7 Å². The molecule has 0 aliphatic carbocycles. The normalized spacial score (nSPS) is 17.8. The number of alkyl halides is 3. The molecule has 3 N–H and O–H groups in total. The van der Waals surface area contributed by atoms with Gasteiger partial charge in [-0.05, 0) is 41.5 Å². The molecule has 0 fully saturated rings. The molecular formula is C15H19ClF3NO2. The summed E-state index contributed by atoms with van der Waals surface area (Å²) in [5.41, 5.74) is -1.83. The van der Waals surface area contributed by atoms with Crippen LogP contribution in [0.1, 0.15) is 31.4 Å². The van der Waals surface area contributed by atoms with Crippen molar-refractivity contribution in [2.45, 2.75) is 43.9 Å². The molecule has 1 aliphatic rings. The average molecular weight is 338 g/mol. The molecule has 0 unspecified atom stereocenters. The van der Waals surface area contributed by atoms with E-state index in [1.54, 1.807) is 26.0 Å². The van der Waals surface area contributed by atoms with E-state index >= 15 is 0 Å². The summed E-state index contributed by atoms with van der Waals surface area (Å²) in [6, 6.07) is 3.41. The third-order valence-electron chi connectivity index (χ3n) is 4.13. The van der Waals surface area contributed by atoms with Crippen LogP contribution >= 0.6 is 11.6 Å². The van der Waals surface area contributed by atoms with Gasteiger partial charge >= 0.3 is 6.18 Å². The molecule has 0 radical (unpaired) electrons. The minimum Gasteiger partial charge on any atom is -0.393 e. The van der Waals surface area contributed by atoms with Crippen molar-refractivity contribution < 1.29 is 23.4 Å². The number of fused-ring (bicyclic) bond motifs is 1.